The van der Waals surface area contributed by atoms with Crippen LogP contribution in [-0.2, 0) is 11.3 Å². The van der Waals surface area contributed by atoms with Crippen LogP contribution >= 0.6 is 11.8 Å². The maximum Gasteiger partial charge on any atom is 0.251 e. The summed E-state index contributed by atoms with van der Waals surface area (Å²) in [5.74, 6) is 1.03. The number of carbonyl (C=O) groups excluding carboxylic acids is 2. The minimum Gasteiger partial charge on any atom is -0.497 e. The number of thioether (sulfide) groups is 1. The molecule has 0 bridgehead atoms. The maximum atomic E-state index is 12.7. The van der Waals surface area contributed by atoms with Crippen LogP contribution in [0.25, 0.3) is 5.69 Å². The van der Waals surface area contributed by atoms with Crippen molar-refractivity contribution in [1.82, 2.24) is 20.1 Å². The van der Waals surface area contributed by atoms with Crippen molar-refractivity contribution >= 4 is 29.3 Å². The summed E-state index contributed by atoms with van der Waals surface area (Å²) in [5, 5.41) is 15.1. The lowest BCUT2D eigenvalue weighted by atomic mass is 10.1. The number of benzene rings is 3. The fourth-order valence-electron chi connectivity index (χ4n) is 3.56. The van der Waals surface area contributed by atoms with Gasteiger partial charge in [0.25, 0.3) is 5.91 Å². The van der Waals surface area contributed by atoms with Gasteiger partial charge in [-0.15, -0.1) is 10.2 Å². The summed E-state index contributed by atoms with van der Waals surface area (Å²) >= 11 is 1.29. The van der Waals surface area contributed by atoms with Gasteiger partial charge >= 0.3 is 0 Å². The first-order valence-electron chi connectivity index (χ1n) is 11.4. The minimum atomic E-state index is -0.232. The number of methoxy groups -OCH3 is 1. The fraction of sp³-hybridized carbons (Fsp3) is 0.185. The molecule has 4 aromatic rings. The number of aryl methyl sites for hydroxylation is 2. The zero-order valence-electron chi connectivity index (χ0n) is 20.3. The predicted molar refractivity (Wildman–Crippen MR) is 141 cm³/mol. The molecule has 8 nitrogen and oxygen atoms in total. The molecule has 0 saturated heterocycles. The highest BCUT2D eigenvalue weighted by Gasteiger charge is 2.18. The van der Waals surface area contributed by atoms with Gasteiger partial charge in [0.15, 0.2) is 11.0 Å². The number of nitrogens with zero attached hydrogens (tertiary/aromatic N) is 3. The van der Waals surface area contributed by atoms with E-state index in [1.807, 2.05) is 66.9 Å². The lowest BCUT2D eigenvalue weighted by Gasteiger charge is -2.14. The van der Waals surface area contributed by atoms with Crippen LogP contribution in [-0.4, -0.2) is 39.4 Å². The molecule has 184 valence electrons. The largest absolute Gasteiger partial charge is 0.497 e. The Morgan fingerprint density at radius 1 is 0.972 bits per heavy atom. The number of hydrogen-bond donors (Lipinski definition) is 2. The molecule has 0 atom stereocenters. The van der Waals surface area contributed by atoms with Crippen molar-refractivity contribution in [3.05, 3.63) is 95.3 Å². The van der Waals surface area contributed by atoms with E-state index in [1.165, 1.54) is 11.8 Å². The van der Waals surface area contributed by atoms with E-state index in [4.69, 9.17) is 4.74 Å². The van der Waals surface area contributed by atoms with Crippen molar-refractivity contribution in [2.24, 2.45) is 0 Å². The number of hydrogen-bond acceptors (Lipinski definition) is 6. The zero-order chi connectivity index (χ0) is 25.5. The standard InChI is InChI=1S/C27H27N5O3S/c1-18-9-10-19(2)23(15-18)32-24(16-28-26(34)20-11-13-22(35-3)14-12-20)30-31-27(32)36-17-25(33)29-21-7-5-4-6-8-21/h4-15H,16-17H2,1-3H3,(H,28,34)(H,29,33). The number of carbonyl (C=O) groups is 2. The molecule has 0 radical (unpaired) electrons. The van der Waals surface area contributed by atoms with Gasteiger partial charge in [-0.3, -0.25) is 14.2 Å². The van der Waals surface area contributed by atoms with Crippen LogP contribution in [0.3, 0.4) is 0 Å². The van der Waals surface area contributed by atoms with E-state index in [2.05, 4.69) is 20.8 Å². The molecule has 2 N–H and O–H groups in total. The van der Waals surface area contributed by atoms with Gasteiger partial charge in [0.2, 0.25) is 5.91 Å². The first-order valence-corrected chi connectivity index (χ1v) is 12.3. The molecule has 0 spiro atoms. The Balaban J connectivity index is 1.53. The third kappa shape index (κ3) is 6.11. The van der Waals surface area contributed by atoms with Crippen LogP contribution in [0.1, 0.15) is 27.3 Å². The van der Waals surface area contributed by atoms with Crippen LogP contribution in [0.15, 0.2) is 78.0 Å². The summed E-state index contributed by atoms with van der Waals surface area (Å²) in [5.41, 5.74) is 4.26. The minimum absolute atomic E-state index is 0.143. The van der Waals surface area contributed by atoms with E-state index < -0.39 is 0 Å². The smallest absolute Gasteiger partial charge is 0.251 e. The number of amides is 2. The molecule has 0 aliphatic heterocycles. The quantitative estimate of drug-likeness (QED) is 0.327. The molecule has 0 aliphatic rings. The number of para-hydroxylation sites is 1. The van der Waals surface area contributed by atoms with Gasteiger partial charge in [-0.2, -0.15) is 0 Å². The Labute approximate surface area is 214 Å². The lowest BCUT2D eigenvalue weighted by Crippen LogP contribution is -2.24. The summed E-state index contributed by atoms with van der Waals surface area (Å²) in [6, 6.07) is 22.3. The number of nitrogens with one attached hydrogen (secondary N) is 2. The number of ether oxygens (including phenoxy) is 1. The molecular weight excluding hydrogens is 474 g/mol. The molecule has 0 unspecified atom stereocenters. The number of aromatic nitrogens is 3. The second-order valence-electron chi connectivity index (χ2n) is 8.14. The summed E-state index contributed by atoms with van der Waals surface area (Å²) in [6.45, 7) is 4.19. The Bertz CT molecular complexity index is 1350. The molecule has 3 aromatic carbocycles. The molecule has 0 fully saturated rings. The topological polar surface area (TPSA) is 98.1 Å². The Morgan fingerprint density at radius 2 is 1.72 bits per heavy atom. The average Bonchev–Trinajstić information content (AvgIpc) is 3.30. The maximum absolute atomic E-state index is 12.7. The lowest BCUT2D eigenvalue weighted by molar-refractivity contribution is -0.113. The van der Waals surface area contributed by atoms with Gasteiger partial charge in [-0.25, -0.2) is 0 Å². The van der Waals surface area contributed by atoms with E-state index >= 15 is 0 Å². The zero-order valence-corrected chi connectivity index (χ0v) is 21.1. The highest BCUT2D eigenvalue weighted by atomic mass is 32.2. The van der Waals surface area contributed by atoms with Gasteiger partial charge < -0.3 is 15.4 Å². The number of rotatable bonds is 9. The van der Waals surface area contributed by atoms with Crippen molar-refractivity contribution in [2.75, 3.05) is 18.2 Å². The molecule has 2 amide bonds. The number of anilines is 1. The van der Waals surface area contributed by atoms with Crippen LogP contribution in [0.4, 0.5) is 5.69 Å². The first-order chi connectivity index (χ1) is 17.4. The Kier molecular flexibility index (Phi) is 8.02. The Morgan fingerprint density at radius 3 is 2.44 bits per heavy atom. The first kappa shape index (κ1) is 25.0. The van der Waals surface area contributed by atoms with Crippen LogP contribution in [0, 0.1) is 13.8 Å². The van der Waals surface area contributed by atoms with Gasteiger partial charge in [0.05, 0.1) is 25.1 Å². The van der Waals surface area contributed by atoms with E-state index in [0.29, 0.717) is 22.3 Å². The van der Waals surface area contributed by atoms with Gasteiger partial charge in [-0.1, -0.05) is 42.1 Å². The molecule has 1 heterocycles. The monoisotopic (exact) mass is 501 g/mol. The van der Waals surface area contributed by atoms with Crippen molar-refractivity contribution < 1.29 is 14.3 Å². The van der Waals surface area contributed by atoms with Crippen molar-refractivity contribution in [3.63, 3.8) is 0 Å². The van der Waals surface area contributed by atoms with Crippen LogP contribution in [0.5, 0.6) is 5.75 Å². The second-order valence-corrected chi connectivity index (χ2v) is 9.08. The summed E-state index contributed by atoms with van der Waals surface area (Å²) in [7, 11) is 1.58. The molecule has 36 heavy (non-hydrogen) atoms. The van der Waals surface area contributed by atoms with Crippen molar-refractivity contribution in [2.45, 2.75) is 25.5 Å². The van der Waals surface area contributed by atoms with Gasteiger partial charge in [0, 0.05) is 11.3 Å². The third-order valence-electron chi connectivity index (χ3n) is 5.46. The van der Waals surface area contributed by atoms with E-state index in [1.54, 1.807) is 31.4 Å². The third-order valence-corrected chi connectivity index (χ3v) is 6.38. The second kappa shape index (κ2) is 11.5. The molecule has 4 rings (SSSR count). The Hall–Kier alpha value is -4.11. The van der Waals surface area contributed by atoms with Crippen molar-refractivity contribution in [3.8, 4) is 11.4 Å². The van der Waals surface area contributed by atoms with Crippen LogP contribution in [0.2, 0.25) is 0 Å². The normalized spacial score (nSPS) is 10.6. The summed E-state index contributed by atoms with van der Waals surface area (Å²) in [4.78, 5) is 25.2. The van der Waals surface area contributed by atoms with Gasteiger partial charge in [-0.05, 0) is 67.4 Å². The average molecular weight is 502 g/mol. The van der Waals surface area contributed by atoms with Crippen LogP contribution < -0.4 is 15.4 Å². The highest BCUT2D eigenvalue weighted by molar-refractivity contribution is 7.99. The predicted octanol–water partition coefficient (Wildman–Crippen LogP) is 4.55. The summed E-state index contributed by atoms with van der Waals surface area (Å²) in [6.07, 6.45) is 0. The summed E-state index contributed by atoms with van der Waals surface area (Å²) < 4.78 is 7.06. The molecule has 1 aromatic heterocycles. The van der Waals surface area contributed by atoms with E-state index in [-0.39, 0.29) is 24.1 Å². The molecule has 9 heteroatoms. The molecule has 0 saturated carbocycles. The van der Waals surface area contributed by atoms with E-state index in [0.717, 1.165) is 22.5 Å². The van der Waals surface area contributed by atoms with E-state index in [9.17, 15) is 9.59 Å². The fourth-order valence-corrected chi connectivity index (χ4v) is 4.33. The van der Waals surface area contributed by atoms with Gasteiger partial charge in [0.1, 0.15) is 5.75 Å². The molecule has 0 aliphatic carbocycles. The molecular formula is C27H27N5O3S. The SMILES string of the molecule is COc1ccc(C(=O)NCc2nnc(SCC(=O)Nc3ccccc3)n2-c2cc(C)ccc2C)cc1. The van der Waals surface area contributed by atoms with Crippen molar-refractivity contribution in [1.29, 1.82) is 0 Å². The highest BCUT2D eigenvalue weighted by Crippen LogP contribution is 2.25.